The molecule has 0 bridgehead atoms. The largest absolute Gasteiger partial charge is 0.494 e. The number of carboxylic acids is 1. The number of carboxylic acid groups (broad SMARTS) is 1. The van der Waals surface area contributed by atoms with E-state index in [2.05, 4.69) is 9.97 Å². The molecule has 8 nitrogen and oxygen atoms in total. The van der Waals surface area contributed by atoms with E-state index in [9.17, 15) is 18.0 Å². The fourth-order valence-corrected chi connectivity index (χ4v) is 3.96. The van der Waals surface area contributed by atoms with Crippen LogP contribution in [0.1, 0.15) is 24.3 Å². The van der Waals surface area contributed by atoms with Crippen molar-refractivity contribution in [3.05, 3.63) is 53.1 Å². The van der Waals surface area contributed by atoms with Gasteiger partial charge in [-0.1, -0.05) is 6.07 Å². The molecule has 0 unspecified atom stereocenters. The summed E-state index contributed by atoms with van der Waals surface area (Å²) in [6.45, 7) is 2.42. The number of likely N-dealkylation sites (tertiary alicyclic amines) is 1. The summed E-state index contributed by atoms with van der Waals surface area (Å²) in [6, 6.07) is 9.96. The van der Waals surface area contributed by atoms with Gasteiger partial charge in [-0.25, -0.2) is 14.6 Å². The summed E-state index contributed by atoms with van der Waals surface area (Å²) in [5, 5.41) is 10.9. The van der Waals surface area contributed by atoms with Gasteiger partial charge in [0.2, 0.25) is 0 Å². The van der Waals surface area contributed by atoms with Crippen LogP contribution in [0, 0.1) is 5.92 Å². The van der Waals surface area contributed by atoms with E-state index >= 15 is 0 Å². The lowest BCUT2D eigenvalue weighted by molar-refractivity contribution is -0.192. The second-order valence-electron chi connectivity index (χ2n) is 7.71. The summed E-state index contributed by atoms with van der Waals surface area (Å²) in [5.41, 5.74) is 0.976. The number of fused-ring (bicyclic) bond motifs is 1. The molecule has 3 aromatic rings. The molecule has 0 atom stereocenters. The van der Waals surface area contributed by atoms with Crippen LogP contribution in [0.25, 0.3) is 10.9 Å². The molecule has 0 radical (unpaired) electrons. The molecule has 1 N–H and O–H groups in total. The number of amides is 1. The van der Waals surface area contributed by atoms with Crippen molar-refractivity contribution in [1.82, 2.24) is 14.9 Å². The highest BCUT2D eigenvalue weighted by molar-refractivity contribution is 7.09. The Balaban J connectivity index is 0.000000429. The van der Waals surface area contributed by atoms with Crippen molar-refractivity contribution in [3.63, 3.8) is 0 Å². The third-order valence-electron chi connectivity index (χ3n) is 5.29. The van der Waals surface area contributed by atoms with E-state index in [-0.39, 0.29) is 12.7 Å². The summed E-state index contributed by atoms with van der Waals surface area (Å²) >= 11 is 1.50. The molecule has 1 amide bonds. The van der Waals surface area contributed by atoms with Crippen LogP contribution in [0.2, 0.25) is 0 Å². The van der Waals surface area contributed by atoms with Crippen LogP contribution < -0.4 is 4.74 Å². The molecular weight excluding hydrogens is 487 g/mol. The summed E-state index contributed by atoms with van der Waals surface area (Å²) in [4.78, 5) is 31.3. The molecule has 4 rings (SSSR count). The van der Waals surface area contributed by atoms with Crippen molar-refractivity contribution in [1.29, 1.82) is 0 Å². The van der Waals surface area contributed by atoms with Gasteiger partial charge in [-0.3, -0.25) is 4.98 Å². The Morgan fingerprint density at radius 3 is 2.54 bits per heavy atom. The van der Waals surface area contributed by atoms with Gasteiger partial charge in [-0.05, 0) is 49.4 Å². The van der Waals surface area contributed by atoms with Gasteiger partial charge in [0, 0.05) is 36.2 Å². The monoisotopic (exact) mass is 511 g/mol. The highest BCUT2D eigenvalue weighted by atomic mass is 32.1. The van der Waals surface area contributed by atoms with E-state index in [1.165, 1.54) is 11.3 Å². The summed E-state index contributed by atoms with van der Waals surface area (Å²) in [7, 11) is 0. The van der Waals surface area contributed by atoms with Crippen LogP contribution in [-0.4, -0.2) is 57.9 Å². The third kappa shape index (κ3) is 8.39. The molecule has 1 aliphatic rings. The number of hydrogen-bond acceptors (Lipinski definition) is 7. The minimum atomic E-state index is -5.08. The average molecular weight is 512 g/mol. The molecular formula is C23H24F3N3O5S. The number of aromatic nitrogens is 2. The number of halogens is 3. The average Bonchev–Trinajstić information content (AvgIpc) is 3.36. The van der Waals surface area contributed by atoms with Crippen LogP contribution in [0.15, 0.2) is 48.1 Å². The van der Waals surface area contributed by atoms with Crippen molar-refractivity contribution in [3.8, 4) is 5.75 Å². The number of aliphatic carboxylic acids is 1. The lowest BCUT2D eigenvalue weighted by atomic mass is 9.94. The van der Waals surface area contributed by atoms with Crippen LogP contribution in [0.3, 0.4) is 0 Å². The molecule has 1 fully saturated rings. The quantitative estimate of drug-likeness (QED) is 0.489. The molecule has 35 heavy (non-hydrogen) atoms. The maximum atomic E-state index is 12.2. The molecule has 12 heteroatoms. The maximum Gasteiger partial charge on any atom is 0.490 e. The van der Waals surface area contributed by atoms with Gasteiger partial charge >= 0.3 is 18.2 Å². The number of pyridine rings is 1. The van der Waals surface area contributed by atoms with Gasteiger partial charge in [0.15, 0.2) is 0 Å². The van der Waals surface area contributed by atoms with Gasteiger partial charge in [0.05, 0.1) is 12.1 Å². The molecule has 1 saturated heterocycles. The van der Waals surface area contributed by atoms with Crippen molar-refractivity contribution >= 4 is 34.3 Å². The number of carbonyl (C=O) groups excluding carboxylic acids is 1. The number of benzene rings is 1. The Morgan fingerprint density at radius 2 is 1.89 bits per heavy atom. The van der Waals surface area contributed by atoms with Crippen LogP contribution in [0.4, 0.5) is 18.0 Å². The third-order valence-corrected chi connectivity index (χ3v) is 6.04. The highest BCUT2D eigenvalue weighted by Crippen LogP contribution is 2.23. The van der Waals surface area contributed by atoms with E-state index < -0.39 is 12.1 Å². The Labute approximate surface area is 203 Å². The van der Waals surface area contributed by atoms with Crippen LogP contribution >= 0.6 is 11.3 Å². The lowest BCUT2D eigenvalue weighted by Crippen LogP contribution is -2.39. The topological polar surface area (TPSA) is 102 Å². The van der Waals surface area contributed by atoms with Crippen LogP contribution in [0.5, 0.6) is 5.75 Å². The predicted octanol–water partition coefficient (Wildman–Crippen LogP) is 5.14. The molecule has 0 aliphatic carbocycles. The minimum absolute atomic E-state index is 0.241. The summed E-state index contributed by atoms with van der Waals surface area (Å²) < 4.78 is 43.0. The molecule has 1 aliphatic heterocycles. The Morgan fingerprint density at radius 1 is 1.14 bits per heavy atom. The number of carbonyl (C=O) groups is 2. The Bertz CT molecular complexity index is 1100. The normalized spacial score (nSPS) is 14.2. The van der Waals surface area contributed by atoms with E-state index in [0.717, 1.165) is 54.0 Å². The molecule has 2 aromatic heterocycles. The first-order valence-electron chi connectivity index (χ1n) is 10.8. The van der Waals surface area contributed by atoms with E-state index in [4.69, 9.17) is 19.4 Å². The standard InChI is InChI=1S/C21H23N3O3S.C2HF3O2/c25-21(27-15-20-23-9-13-28-20)24-10-5-16(6-11-24)7-12-26-18-3-4-19-17(14-18)2-1-8-22-19;3-2(4,5)1(6)7/h1-4,8-9,13-14,16H,5-7,10-12,15H2;(H,6,7). The first-order valence-corrected chi connectivity index (χ1v) is 11.7. The van der Waals surface area contributed by atoms with Crippen molar-refractivity contribution in [2.75, 3.05) is 19.7 Å². The van der Waals surface area contributed by atoms with Gasteiger partial charge < -0.3 is 19.5 Å². The van der Waals surface area contributed by atoms with Gasteiger partial charge in [0.25, 0.3) is 0 Å². The minimum Gasteiger partial charge on any atom is -0.494 e. The molecule has 0 spiro atoms. The SMILES string of the molecule is O=C(O)C(F)(F)F.O=C(OCc1nccs1)N1CCC(CCOc2ccc3ncccc3c2)CC1. The number of nitrogens with zero attached hydrogens (tertiary/aromatic N) is 3. The van der Waals surface area contributed by atoms with E-state index in [0.29, 0.717) is 12.5 Å². The Kier molecular flexibility index (Phi) is 9.24. The predicted molar refractivity (Wildman–Crippen MR) is 122 cm³/mol. The van der Waals surface area contributed by atoms with Crippen molar-refractivity contribution in [2.24, 2.45) is 5.92 Å². The second kappa shape index (κ2) is 12.3. The van der Waals surface area contributed by atoms with Crippen molar-refractivity contribution in [2.45, 2.75) is 32.0 Å². The number of alkyl halides is 3. The number of hydrogen-bond donors (Lipinski definition) is 1. The van der Waals surface area contributed by atoms with E-state index in [1.807, 2.05) is 35.7 Å². The van der Waals surface area contributed by atoms with Gasteiger partial charge in [-0.15, -0.1) is 11.3 Å². The molecule has 188 valence electrons. The molecule has 3 heterocycles. The maximum absolute atomic E-state index is 12.2. The van der Waals surface area contributed by atoms with Crippen molar-refractivity contribution < 1.29 is 37.3 Å². The van der Waals surface area contributed by atoms with Gasteiger partial charge in [0.1, 0.15) is 17.4 Å². The number of thiazole rings is 1. The summed E-state index contributed by atoms with van der Waals surface area (Å²) in [6.07, 6.45) is 1.15. The Hall–Kier alpha value is -3.41. The smallest absolute Gasteiger partial charge is 0.490 e. The van der Waals surface area contributed by atoms with Gasteiger partial charge in [-0.2, -0.15) is 13.2 Å². The second-order valence-corrected chi connectivity index (χ2v) is 8.69. The first-order chi connectivity index (χ1) is 16.7. The number of rotatable bonds is 6. The fourth-order valence-electron chi connectivity index (χ4n) is 3.43. The fraction of sp³-hybridized carbons (Fsp3) is 0.391. The zero-order valence-corrected chi connectivity index (χ0v) is 19.4. The zero-order chi connectivity index (χ0) is 25.3. The number of piperidine rings is 1. The molecule has 0 saturated carbocycles. The lowest BCUT2D eigenvalue weighted by Gasteiger charge is -2.31. The summed E-state index contributed by atoms with van der Waals surface area (Å²) in [5.74, 6) is -1.30. The number of ether oxygens (including phenoxy) is 2. The zero-order valence-electron chi connectivity index (χ0n) is 18.6. The molecule has 1 aromatic carbocycles. The van der Waals surface area contributed by atoms with E-state index in [1.54, 1.807) is 17.3 Å². The van der Waals surface area contributed by atoms with Crippen LogP contribution in [-0.2, 0) is 16.1 Å². The highest BCUT2D eigenvalue weighted by Gasteiger charge is 2.38. The first kappa shape index (κ1) is 26.2.